The van der Waals surface area contributed by atoms with E-state index in [1.807, 2.05) is 36.4 Å². The second kappa shape index (κ2) is 6.91. The van der Waals surface area contributed by atoms with Gasteiger partial charge in [-0.1, -0.05) is 30.3 Å². The topological polar surface area (TPSA) is 59.4 Å². The van der Waals surface area contributed by atoms with Crippen LogP contribution in [0.2, 0.25) is 0 Å². The Morgan fingerprint density at radius 2 is 1.83 bits per heavy atom. The SMILES string of the molecule is Cn1ccc(CN(Cc2ccccc2)[C@@H]2CCS(=O)(=O)C2)cc1=O. The minimum atomic E-state index is -2.95. The molecule has 0 saturated carbocycles. The summed E-state index contributed by atoms with van der Waals surface area (Å²) in [6.45, 7) is 1.25. The Kier molecular flexibility index (Phi) is 4.87. The molecule has 2 aromatic rings. The van der Waals surface area contributed by atoms with Gasteiger partial charge in [-0.15, -0.1) is 0 Å². The number of nitrogens with zero attached hydrogens (tertiary/aromatic N) is 2. The predicted molar refractivity (Wildman–Crippen MR) is 94.4 cm³/mol. The molecule has 1 saturated heterocycles. The quantitative estimate of drug-likeness (QED) is 0.825. The van der Waals surface area contributed by atoms with Gasteiger partial charge in [-0.3, -0.25) is 9.69 Å². The lowest BCUT2D eigenvalue weighted by Gasteiger charge is -2.28. The molecule has 24 heavy (non-hydrogen) atoms. The number of hydrogen-bond acceptors (Lipinski definition) is 4. The first-order chi connectivity index (χ1) is 11.4. The minimum absolute atomic E-state index is 0.000681. The molecule has 2 heterocycles. The molecule has 128 valence electrons. The lowest BCUT2D eigenvalue weighted by Crippen LogP contribution is -2.35. The molecule has 1 aromatic heterocycles. The monoisotopic (exact) mass is 346 g/mol. The van der Waals surface area contributed by atoms with E-state index in [1.165, 1.54) is 4.57 Å². The van der Waals surface area contributed by atoms with E-state index in [0.717, 1.165) is 11.1 Å². The van der Waals surface area contributed by atoms with Gasteiger partial charge >= 0.3 is 0 Å². The number of aryl methyl sites for hydroxylation is 1. The summed E-state index contributed by atoms with van der Waals surface area (Å²) in [4.78, 5) is 14.0. The van der Waals surface area contributed by atoms with Crippen LogP contribution in [-0.4, -0.2) is 35.4 Å². The highest BCUT2D eigenvalue weighted by Gasteiger charge is 2.32. The first-order valence-electron chi connectivity index (χ1n) is 8.07. The van der Waals surface area contributed by atoms with Gasteiger partial charge in [0.25, 0.3) is 5.56 Å². The number of hydrogen-bond donors (Lipinski definition) is 0. The molecule has 0 N–H and O–H groups in total. The molecule has 5 nitrogen and oxygen atoms in total. The van der Waals surface area contributed by atoms with Crippen LogP contribution in [0.3, 0.4) is 0 Å². The molecule has 0 amide bonds. The zero-order valence-electron chi connectivity index (χ0n) is 13.8. The van der Waals surface area contributed by atoms with Crippen LogP contribution in [0.5, 0.6) is 0 Å². The van der Waals surface area contributed by atoms with Crippen LogP contribution in [-0.2, 0) is 30.0 Å². The van der Waals surface area contributed by atoms with Crippen molar-refractivity contribution in [1.82, 2.24) is 9.47 Å². The summed E-state index contributed by atoms with van der Waals surface area (Å²) in [5, 5.41) is 0. The fourth-order valence-electron chi connectivity index (χ4n) is 3.12. The Morgan fingerprint density at radius 1 is 1.12 bits per heavy atom. The Hall–Kier alpha value is -1.92. The Bertz CT molecular complexity index is 859. The minimum Gasteiger partial charge on any atom is -0.319 e. The van der Waals surface area contributed by atoms with Crippen LogP contribution in [0.25, 0.3) is 0 Å². The Balaban J connectivity index is 1.83. The zero-order chi connectivity index (χ0) is 17.2. The third-order valence-electron chi connectivity index (χ3n) is 4.51. The van der Waals surface area contributed by atoms with Crippen molar-refractivity contribution in [2.75, 3.05) is 11.5 Å². The smallest absolute Gasteiger partial charge is 0.250 e. The molecule has 1 aromatic carbocycles. The summed E-state index contributed by atoms with van der Waals surface area (Å²) in [5.41, 5.74) is 2.01. The molecule has 1 fully saturated rings. The summed E-state index contributed by atoms with van der Waals surface area (Å²) in [6, 6.07) is 13.6. The molecule has 1 aliphatic rings. The Labute approximate surface area is 142 Å². The number of benzene rings is 1. The standard InChI is InChI=1S/C18H22N2O3S/c1-19-9-7-16(11-18(19)21)13-20(12-15-5-3-2-4-6-15)17-8-10-24(22,23)14-17/h2-7,9,11,17H,8,10,12-14H2,1H3/t17-/m1/s1. The largest absolute Gasteiger partial charge is 0.319 e. The van der Waals surface area contributed by atoms with Crippen molar-refractivity contribution in [3.05, 3.63) is 70.1 Å². The van der Waals surface area contributed by atoms with E-state index in [1.54, 1.807) is 19.3 Å². The maximum atomic E-state index is 11.9. The van der Waals surface area contributed by atoms with Crippen molar-refractivity contribution in [2.45, 2.75) is 25.6 Å². The Morgan fingerprint density at radius 3 is 2.46 bits per heavy atom. The van der Waals surface area contributed by atoms with Gasteiger partial charge in [0.2, 0.25) is 0 Å². The highest BCUT2D eigenvalue weighted by molar-refractivity contribution is 7.91. The summed E-state index contributed by atoms with van der Waals surface area (Å²) in [6.07, 6.45) is 2.41. The van der Waals surface area contributed by atoms with E-state index in [4.69, 9.17) is 0 Å². The summed E-state index contributed by atoms with van der Waals surface area (Å²) >= 11 is 0. The lowest BCUT2D eigenvalue weighted by molar-refractivity contribution is 0.194. The van der Waals surface area contributed by atoms with E-state index < -0.39 is 9.84 Å². The van der Waals surface area contributed by atoms with Gasteiger partial charge in [-0.2, -0.15) is 0 Å². The van der Waals surface area contributed by atoms with Crippen LogP contribution >= 0.6 is 0 Å². The zero-order valence-corrected chi connectivity index (χ0v) is 14.6. The number of pyridine rings is 1. The van der Waals surface area contributed by atoms with Gasteiger partial charge in [-0.05, 0) is 23.6 Å². The van der Waals surface area contributed by atoms with Crippen LogP contribution in [0.4, 0.5) is 0 Å². The molecule has 1 atom stereocenters. The summed E-state index contributed by atoms with van der Waals surface area (Å²) < 4.78 is 25.3. The van der Waals surface area contributed by atoms with Crippen LogP contribution < -0.4 is 5.56 Å². The second-order valence-corrected chi connectivity index (χ2v) is 8.66. The maximum absolute atomic E-state index is 11.9. The summed E-state index contributed by atoms with van der Waals surface area (Å²) in [7, 11) is -1.23. The summed E-state index contributed by atoms with van der Waals surface area (Å²) in [5.74, 6) is 0.449. The third kappa shape index (κ3) is 4.13. The average molecular weight is 346 g/mol. The van der Waals surface area contributed by atoms with Gasteiger partial charge in [0.1, 0.15) is 0 Å². The maximum Gasteiger partial charge on any atom is 0.250 e. The van der Waals surface area contributed by atoms with Gasteiger partial charge in [0.15, 0.2) is 9.84 Å². The van der Waals surface area contributed by atoms with Gasteiger partial charge in [0, 0.05) is 38.4 Å². The highest BCUT2D eigenvalue weighted by atomic mass is 32.2. The fourth-order valence-corrected chi connectivity index (χ4v) is 4.88. The molecular weight excluding hydrogens is 324 g/mol. The molecule has 3 rings (SSSR count). The molecule has 0 unspecified atom stereocenters. The number of rotatable bonds is 5. The normalized spacial score (nSPS) is 19.7. The van der Waals surface area contributed by atoms with Gasteiger partial charge in [-0.25, -0.2) is 8.42 Å². The predicted octanol–water partition coefficient (Wildman–Crippen LogP) is 1.57. The van der Waals surface area contributed by atoms with Crippen LogP contribution in [0.1, 0.15) is 17.5 Å². The van der Waals surface area contributed by atoms with E-state index in [2.05, 4.69) is 4.90 Å². The van der Waals surface area contributed by atoms with E-state index in [-0.39, 0.29) is 23.1 Å². The van der Waals surface area contributed by atoms with Crippen LogP contribution in [0, 0.1) is 0 Å². The van der Waals surface area contributed by atoms with Crippen LogP contribution in [0.15, 0.2) is 53.5 Å². The van der Waals surface area contributed by atoms with E-state index in [0.29, 0.717) is 19.5 Å². The van der Waals surface area contributed by atoms with Crippen molar-refractivity contribution >= 4 is 9.84 Å². The third-order valence-corrected chi connectivity index (χ3v) is 6.26. The van der Waals surface area contributed by atoms with E-state index >= 15 is 0 Å². The number of aromatic nitrogens is 1. The molecule has 0 bridgehead atoms. The van der Waals surface area contributed by atoms with Gasteiger partial charge < -0.3 is 4.57 Å². The lowest BCUT2D eigenvalue weighted by atomic mass is 10.1. The molecule has 1 aliphatic heterocycles. The van der Waals surface area contributed by atoms with Crippen molar-refractivity contribution in [1.29, 1.82) is 0 Å². The molecular formula is C18H22N2O3S. The number of sulfone groups is 1. The van der Waals surface area contributed by atoms with Gasteiger partial charge in [0.05, 0.1) is 11.5 Å². The molecule has 0 aliphatic carbocycles. The van der Waals surface area contributed by atoms with Crippen molar-refractivity contribution in [2.24, 2.45) is 7.05 Å². The van der Waals surface area contributed by atoms with Crippen molar-refractivity contribution < 1.29 is 8.42 Å². The molecule has 0 spiro atoms. The van der Waals surface area contributed by atoms with E-state index in [9.17, 15) is 13.2 Å². The first-order valence-corrected chi connectivity index (χ1v) is 9.89. The fraction of sp³-hybridized carbons (Fsp3) is 0.389. The average Bonchev–Trinajstić information content (AvgIpc) is 2.91. The van der Waals surface area contributed by atoms with Crippen molar-refractivity contribution in [3.63, 3.8) is 0 Å². The molecule has 6 heteroatoms. The molecule has 0 radical (unpaired) electrons. The first kappa shape index (κ1) is 16.9. The second-order valence-electron chi connectivity index (χ2n) is 6.43. The van der Waals surface area contributed by atoms with Crippen molar-refractivity contribution in [3.8, 4) is 0 Å². The highest BCUT2D eigenvalue weighted by Crippen LogP contribution is 2.22.